The smallest absolute Gasteiger partial charge is 0.344 e. The summed E-state index contributed by atoms with van der Waals surface area (Å²) in [6.07, 6.45) is 0. The number of nitrogens with two attached hydrogens (primary N) is 1. The number of benzene rings is 2. The number of carbonyl (C=O) groups is 1. The summed E-state index contributed by atoms with van der Waals surface area (Å²) < 4.78 is 10.3. The Morgan fingerprint density at radius 2 is 1.72 bits per heavy atom. The number of esters is 1. The van der Waals surface area contributed by atoms with Gasteiger partial charge in [0.15, 0.2) is 6.61 Å². The van der Waals surface area contributed by atoms with Crippen molar-refractivity contribution in [2.75, 3.05) is 18.9 Å². The highest BCUT2D eigenvalue weighted by Crippen LogP contribution is 2.39. The van der Waals surface area contributed by atoms with Gasteiger partial charge in [-0.2, -0.15) is 5.26 Å². The lowest BCUT2D eigenvalue weighted by atomic mass is 9.90. The Kier molecular flexibility index (Phi) is 6.10. The molecular formula is C23H21N3O3. The van der Waals surface area contributed by atoms with Crippen LogP contribution in [0.25, 0.3) is 22.3 Å². The van der Waals surface area contributed by atoms with Gasteiger partial charge < -0.3 is 15.2 Å². The van der Waals surface area contributed by atoms with E-state index >= 15 is 0 Å². The number of aryl methyl sites for hydroxylation is 1. The van der Waals surface area contributed by atoms with E-state index in [0.29, 0.717) is 17.9 Å². The van der Waals surface area contributed by atoms with E-state index in [1.807, 2.05) is 49.4 Å². The molecule has 146 valence electrons. The van der Waals surface area contributed by atoms with E-state index in [-0.39, 0.29) is 12.4 Å². The van der Waals surface area contributed by atoms with Crippen LogP contribution in [0.4, 0.5) is 5.82 Å². The molecule has 0 aliphatic rings. The molecule has 29 heavy (non-hydrogen) atoms. The second kappa shape index (κ2) is 8.89. The van der Waals surface area contributed by atoms with Gasteiger partial charge in [0.25, 0.3) is 0 Å². The Labute approximate surface area is 169 Å². The number of pyridine rings is 1. The SMILES string of the molecule is CCOC(=O)COc1ccc(-c2c(C#N)c(N)nc(C)c2-c2ccccc2)cc1. The minimum absolute atomic E-state index is 0.160. The first kappa shape index (κ1) is 19.9. The Hall–Kier alpha value is -3.85. The number of nitrogens with zero attached hydrogens (tertiary/aromatic N) is 2. The zero-order valence-electron chi connectivity index (χ0n) is 16.3. The summed E-state index contributed by atoms with van der Waals surface area (Å²) in [7, 11) is 0. The quantitative estimate of drug-likeness (QED) is 0.639. The summed E-state index contributed by atoms with van der Waals surface area (Å²) in [5, 5.41) is 9.73. The Balaban J connectivity index is 2.04. The van der Waals surface area contributed by atoms with Crippen molar-refractivity contribution < 1.29 is 14.3 Å². The maximum Gasteiger partial charge on any atom is 0.344 e. The van der Waals surface area contributed by atoms with Crippen molar-refractivity contribution in [3.8, 4) is 34.1 Å². The average Bonchev–Trinajstić information content (AvgIpc) is 2.73. The molecule has 0 radical (unpaired) electrons. The zero-order valence-corrected chi connectivity index (χ0v) is 16.3. The molecule has 0 saturated carbocycles. The summed E-state index contributed by atoms with van der Waals surface area (Å²) in [4.78, 5) is 15.8. The first-order valence-electron chi connectivity index (χ1n) is 9.19. The fraction of sp³-hybridized carbons (Fsp3) is 0.174. The second-order valence-corrected chi connectivity index (χ2v) is 6.30. The number of carbonyl (C=O) groups excluding carboxylic acids is 1. The molecule has 0 bridgehead atoms. The number of aromatic nitrogens is 1. The average molecular weight is 387 g/mol. The van der Waals surface area contributed by atoms with Crippen molar-refractivity contribution in [3.05, 3.63) is 65.9 Å². The first-order chi connectivity index (χ1) is 14.0. The van der Waals surface area contributed by atoms with Crippen molar-refractivity contribution in [2.24, 2.45) is 0 Å². The first-order valence-corrected chi connectivity index (χ1v) is 9.19. The van der Waals surface area contributed by atoms with Gasteiger partial charge in [0.2, 0.25) is 0 Å². The predicted octanol–water partition coefficient (Wildman–Crippen LogP) is 4.12. The van der Waals surface area contributed by atoms with E-state index in [1.165, 1.54) is 0 Å². The predicted molar refractivity (Wildman–Crippen MR) is 111 cm³/mol. The van der Waals surface area contributed by atoms with Crippen molar-refractivity contribution in [1.29, 1.82) is 5.26 Å². The van der Waals surface area contributed by atoms with Crippen LogP contribution in [0.5, 0.6) is 5.75 Å². The van der Waals surface area contributed by atoms with Crippen LogP contribution in [-0.4, -0.2) is 24.2 Å². The molecule has 6 nitrogen and oxygen atoms in total. The fourth-order valence-corrected chi connectivity index (χ4v) is 3.15. The molecule has 0 amide bonds. The molecule has 1 heterocycles. The Bertz CT molecular complexity index is 1060. The molecule has 0 fully saturated rings. The lowest BCUT2D eigenvalue weighted by Gasteiger charge is -2.16. The molecule has 0 aliphatic carbocycles. The van der Waals surface area contributed by atoms with E-state index in [9.17, 15) is 10.1 Å². The van der Waals surface area contributed by atoms with Gasteiger partial charge in [-0.3, -0.25) is 0 Å². The van der Waals surface area contributed by atoms with Gasteiger partial charge in [-0.1, -0.05) is 42.5 Å². The number of ether oxygens (including phenoxy) is 2. The third-order valence-electron chi connectivity index (χ3n) is 4.39. The summed E-state index contributed by atoms with van der Waals surface area (Å²) >= 11 is 0. The minimum Gasteiger partial charge on any atom is -0.482 e. The van der Waals surface area contributed by atoms with Crippen LogP contribution in [-0.2, 0) is 9.53 Å². The highest BCUT2D eigenvalue weighted by molar-refractivity contribution is 5.91. The van der Waals surface area contributed by atoms with E-state index in [0.717, 1.165) is 27.9 Å². The van der Waals surface area contributed by atoms with Crippen LogP contribution in [0.3, 0.4) is 0 Å². The standard InChI is InChI=1S/C23H21N3O3/c1-3-28-20(27)14-29-18-11-9-17(10-12-18)22-19(13-24)23(25)26-15(2)21(22)16-7-5-4-6-8-16/h4-12H,3,14H2,1-2H3,(H2,25,26). The third kappa shape index (κ3) is 4.36. The molecule has 2 aromatic carbocycles. The third-order valence-corrected chi connectivity index (χ3v) is 4.39. The van der Waals surface area contributed by atoms with Crippen molar-refractivity contribution >= 4 is 11.8 Å². The fourth-order valence-electron chi connectivity index (χ4n) is 3.15. The number of anilines is 1. The van der Waals surface area contributed by atoms with E-state index in [1.54, 1.807) is 19.1 Å². The second-order valence-electron chi connectivity index (χ2n) is 6.30. The molecule has 0 spiro atoms. The number of nitriles is 1. The Morgan fingerprint density at radius 3 is 2.34 bits per heavy atom. The summed E-state index contributed by atoms with van der Waals surface area (Å²) in [5.74, 6) is 0.301. The zero-order chi connectivity index (χ0) is 20.8. The lowest BCUT2D eigenvalue weighted by molar-refractivity contribution is -0.145. The molecule has 6 heteroatoms. The van der Waals surface area contributed by atoms with E-state index < -0.39 is 5.97 Å². The van der Waals surface area contributed by atoms with Gasteiger partial charge in [0.1, 0.15) is 23.2 Å². The number of rotatable bonds is 6. The van der Waals surface area contributed by atoms with Gasteiger partial charge in [0.05, 0.1) is 6.61 Å². The van der Waals surface area contributed by atoms with E-state index in [2.05, 4.69) is 11.1 Å². The van der Waals surface area contributed by atoms with Gasteiger partial charge >= 0.3 is 5.97 Å². The molecule has 3 aromatic rings. The monoisotopic (exact) mass is 387 g/mol. The van der Waals surface area contributed by atoms with Crippen LogP contribution in [0, 0.1) is 18.3 Å². The van der Waals surface area contributed by atoms with Crippen LogP contribution in [0.15, 0.2) is 54.6 Å². The molecule has 0 unspecified atom stereocenters. The molecule has 0 saturated heterocycles. The van der Waals surface area contributed by atoms with Crippen LogP contribution >= 0.6 is 0 Å². The van der Waals surface area contributed by atoms with Crippen molar-refractivity contribution in [1.82, 2.24) is 4.98 Å². The number of hydrogen-bond donors (Lipinski definition) is 1. The van der Waals surface area contributed by atoms with Gasteiger partial charge in [-0.25, -0.2) is 9.78 Å². The summed E-state index contributed by atoms with van der Waals surface area (Å²) in [6, 6.07) is 19.1. The van der Waals surface area contributed by atoms with Gasteiger partial charge in [-0.05, 0) is 37.1 Å². The highest BCUT2D eigenvalue weighted by atomic mass is 16.6. The molecule has 2 N–H and O–H groups in total. The molecule has 0 atom stereocenters. The topological polar surface area (TPSA) is 98.2 Å². The number of nitrogen functional groups attached to an aromatic ring is 1. The highest BCUT2D eigenvalue weighted by Gasteiger charge is 2.19. The molecule has 3 rings (SSSR count). The lowest BCUT2D eigenvalue weighted by Crippen LogP contribution is -2.14. The number of hydrogen-bond acceptors (Lipinski definition) is 6. The van der Waals surface area contributed by atoms with E-state index in [4.69, 9.17) is 15.2 Å². The molecule has 1 aromatic heterocycles. The van der Waals surface area contributed by atoms with Crippen molar-refractivity contribution in [2.45, 2.75) is 13.8 Å². The minimum atomic E-state index is -0.424. The summed E-state index contributed by atoms with van der Waals surface area (Å²) in [5.41, 5.74) is 10.5. The van der Waals surface area contributed by atoms with Gasteiger partial charge in [-0.15, -0.1) is 0 Å². The Morgan fingerprint density at radius 1 is 1.07 bits per heavy atom. The molecular weight excluding hydrogens is 366 g/mol. The van der Waals surface area contributed by atoms with Crippen LogP contribution in [0.2, 0.25) is 0 Å². The van der Waals surface area contributed by atoms with Crippen molar-refractivity contribution in [3.63, 3.8) is 0 Å². The maximum atomic E-state index is 11.5. The summed E-state index contributed by atoms with van der Waals surface area (Å²) in [6.45, 7) is 3.77. The maximum absolute atomic E-state index is 11.5. The van der Waals surface area contributed by atoms with Gasteiger partial charge in [0, 0.05) is 16.8 Å². The largest absolute Gasteiger partial charge is 0.482 e. The van der Waals surface area contributed by atoms with Crippen LogP contribution < -0.4 is 10.5 Å². The normalized spacial score (nSPS) is 10.2. The molecule has 0 aliphatic heterocycles. The van der Waals surface area contributed by atoms with Crippen LogP contribution in [0.1, 0.15) is 18.2 Å².